The minimum atomic E-state index is -0.385. The summed E-state index contributed by atoms with van der Waals surface area (Å²) < 4.78 is 25.2. The highest BCUT2D eigenvalue weighted by Gasteiger charge is 2.13. The van der Waals surface area contributed by atoms with Crippen molar-refractivity contribution < 1.29 is 13.9 Å². The molecule has 4 heteroatoms. The minimum absolute atomic E-state index is 0.231. The molecule has 0 aliphatic rings. The predicted molar refractivity (Wildman–Crippen MR) is 76.8 cm³/mol. The monoisotopic (exact) mass is 275 g/mol. The molecule has 0 amide bonds. The third kappa shape index (κ3) is 3.27. The maximum Gasteiger partial charge on any atom is 0.169 e. The summed E-state index contributed by atoms with van der Waals surface area (Å²) in [6, 6.07) is 12.1. The standard InChI is InChI=1S/C16H18FNO2/c1-3-19-14-9-4-5-10-15(14)20-16-12(11-18-2)7-6-8-13(16)17/h4-10,18H,3,11H2,1-2H3. The molecule has 2 aromatic rings. The fraction of sp³-hybridized carbons (Fsp3) is 0.250. The fourth-order valence-electron chi connectivity index (χ4n) is 1.92. The SMILES string of the molecule is CCOc1ccccc1Oc1c(F)cccc1CNC. The van der Waals surface area contributed by atoms with E-state index < -0.39 is 0 Å². The third-order valence-corrected chi connectivity index (χ3v) is 2.78. The van der Waals surface area contributed by atoms with E-state index in [-0.39, 0.29) is 11.6 Å². The molecule has 0 bridgehead atoms. The molecule has 2 rings (SSSR count). The van der Waals surface area contributed by atoms with Gasteiger partial charge in [-0.1, -0.05) is 24.3 Å². The Hall–Kier alpha value is -2.07. The van der Waals surface area contributed by atoms with Crippen molar-refractivity contribution >= 4 is 0 Å². The number of para-hydroxylation sites is 3. The lowest BCUT2D eigenvalue weighted by Gasteiger charge is -2.14. The van der Waals surface area contributed by atoms with Crippen LogP contribution in [0, 0.1) is 5.82 Å². The number of halogens is 1. The van der Waals surface area contributed by atoms with Gasteiger partial charge >= 0.3 is 0 Å². The Kier molecular flexibility index (Phi) is 4.96. The Morgan fingerprint density at radius 3 is 2.50 bits per heavy atom. The maximum atomic E-state index is 14.0. The van der Waals surface area contributed by atoms with Gasteiger partial charge in [0.15, 0.2) is 23.1 Å². The van der Waals surface area contributed by atoms with Gasteiger partial charge in [0.1, 0.15) is 0 Å². The average molecular weight is 275 g/mol. The first-order chi connectivity index (χ1) is 9.76. The van der Waals surface area contributed by atoms with Crippen LogP contribution < -0.4 is 14.8 Å². The van der Waals surface area contributed by atoms with Crippen molar-refractivity contribution in [2.75, 3.05) is 13.7 Å². The largest absolute Gasteiger partial charge is 0.490 e. The van der Waals surface area contributed by atoms with E-state index in [9.17, 15) is 4.39 Å². The van der Waals surface area contributed by atoms with Crippen LogP contribution in [-0.4, -0.2) is 13.7 Å². The highest BCUT2D eigenvalue weighted by atomic mass is 19.1. The molecule has 2 aromatic carbocycles. The Bertz CT molecular complexity index is 572. The van der Waals surface area contributed by atoms with Crippen LogP contribution in [0.15, 0.2) is 42.5 Å². The Labute approximate surface area is 118 Å². The lowest BCUT2D eigenvalue weighted by molar-refractivity contribution is 0.318. The molecule has 0 heterocycles. The van der Waals surface area contributed by atoms with E-state index in [0.717, 1.165) is 5.56 Å². The first kappa shape index (κ1) is 14.3. The minimum Gasteiger partial charge on any atom is -0.490 e. The number of rotatable bonds is 6. The summed E-state index contributed by atoms with van der Waals surface area (Å²) in [5.41, 5.74) is 0.763. The quantitative estimate of drug-likeness (QED) is 0.871. The number of nitrogens with one attached hydrogen (secondary N) is 1. The zero-order valence-electron chi connectivity index (χ0n) is 11.7. The normalized spacial score (nSPS) is 10.3. The van der Waals surface area contributed by atoms with Crippen molar-refractivity contribution in [3.63, 3.8) is 0 Å². The lowest BCUT2D eigenvalue weighted by Crippen LogP contribution is -2.07. The van der Waals surface area contributed by atoms with Crippen molar-refractivity contribution in [3.05, 3.63) is 53.8 Å². The Morgan fingerprint density at radius 1 is 1.05 bits per heavy atom. The molecule has 0 spiro atoms. The first-order valence-electron chi connectivity index (χ1n) is 6.58. The topological polar surface area (TPSA) is 30.5 Å². The molecule has 1 N–H and O–H groups in total. The van der Waals surface area contributed by atoms with Crippen LogP contribution >= 0.6 is 0 Å². The summed E-state index contributed by atoms with van der Waals surface area (Å²) in [5, 5.41) is 3.00. The number of hydrogen-bond donors (Lipinski definition) is 1. The predicted octanol–water partition coefficient (Wildman–Crippen LogP) is 3.74. The van der Waals surface area contributed by atoms with E-state index in [1.54, 1.807) is 18.2 Å². The van der Waals surface area contributed by atoms with Crippen LogP contribution in [0.2, 0.25) is 0 Å². The summed E-state index contributed by atoms with van der Waals surface area (Å²) in [4.78, 5) is 0. The molecule has 0 atom stereocenters. The molecule has 20 heavy (non-hydrogen) atoms. The van der Waals surface area contributed by atoms with Crippen molar-refractivity contribution in [1.29, 1.82) is 0 Å². The third-order valence-electron chi connectivity index (χ3n) is 2.78. The molecule has 0 aliphatic heterocycles. The second-order valence-electron chi connectivity index (χ2n) is 4.24. The summed E-state index contributed by atoms with van der Waals surface area (Å²) in [5.74, 6) is 0.962. The van der Waals surface area contributed by atoms with Crippen LogP contribution in [0.3, 0.4) is 0 Å². The number of ether oxygens (including phenoxy) is 2. The molecule has 0 saturated carbocycles. The average Bonchev–Trinajstić information content (AvgIpc) is 2.45. The van der Waals surface area contributed by atoms with Gasteiger partial charge in [-0.15, -0.1) is 0 Å². The van der Waals surface area contributed by atoms with Crippen molar-refractivity contribution in [1.82, 2.24) is 5.32 Å². The van der Waals surface area contributed by atoms with Gasteiger partial charge in [0.05, 0.1) is 6.61 Å². The highest BCUT2D eigenvalue weighted by Crippen LogP contribution is 2.34. The number of benzene rings is 2. The van der Waals surface area contributed by atoms with Gasteiger partial charge in [-0.25, -0.2) is 4.39 Å². The summed E-state index contributed by atoms with van der Waals surface area (Å²) in [6.07, 6.45) is 0. The van der Waals surface area contributed by atoms with E-state index >= 15 is 0 Å². The molecule has 0 radical (unpaired) electrons. The molecule has 0 saturated heterocycles. The van der Waals surface area contributed by atoms with E-state index in [0.29, 0.717) is 24.7 Å². The van der Waals surface area contributed by atoms with Gasteiger partial charge in [0.25, 0.3) is 0 Å². The Morgan fingerprint density at radius 2 is 1.80 bits per heavy atom. The lowest BCUT2D eigenvalue weighted by atomic mass is 10.2. The second-order valence-corrected chi connectivity index (χ2v) is 4.24. The Balaban J connectivity index is 2.34. The van der Waals surface area contributed by atoms with Crippen LogP contribution in [0.25, 0.3) is 0 Å². The van der Waals surface area contributed by atoms with Gasteiger partial charge < -0.3 is 14.8 Å². The molecule has 0 aromatic heterocycles. The van der Waals surface area contributed by atoms with Gasteiger partial charge in [-0.3, -0.25) is 0 Å². The molecule has 0 fully saturated rings. The van der Waals surface area contributed by atoms with E-state index in [2.05, 4.69) is 5.32 Å². The van der Waals surface area contributed by atoms with Gasteiger partial charge in [-0.05, 0) is 32.2 Å². The first-order valence-corrected chi connectivity index (χ1v) is 6.58. The zero-order chi connectivity index (χ0) is 14.4. The second kappa shape index (κ2) is 6.91. The van der Waals surface area contributed by atoms with E-state index in [1.807, 2.05) is 32.2 Å². The van der Waals surface area contributed by atoms with Crippen molar-refractivity contribution in [3.8, 4) is 17.2 Å². The van der Waals surface area contributed by atoms with E-state index in [1.165, 1.54) is 6.07 Å². The van der Waals surface area contributed by atoms with E-state index in [4.69, 9.17) is 9.47 Å². The van der Waals surface area contributed by atoms with Gasteiger partial charge in [-0.2, -0.15) is 0 Å². The fourth-order valence-corrected chi connectivity index (χ4v) is 1.92. The molecule has 106 valence electrons. The maximum absolute atomic E-state index is 14.0. The summed E-state index contributed by atoms with van der Waals surface area (Å²) in [6.45, 7) is 2.96. The van der Waals surface area contributed by atoms with Gasteiger partial charge in [0.2, 0.25) is 0 Å². The number of hydrogen-bond acceptors (Lipinski definition) is 3. The van der Waals surface area contributed by atoms with Crippen LogP contribution in [0.4, 0.5) is 4.39 Å². The molecular weight excluding hydrogens is 257 g/mol. The zero-order valence-corrected chi connectivity index (χ0v) is 11.7. The van der Waals surface area contributed by atoms with Crippen molar-refractivity contribution in [2.24, 2.45) is 0 Å². The highest BCUT2D eigenvalue weighted by molar-refractivity contribution is 5.45. The summed E-state index contributed by atoms with van der Waals surface area (Å²) in [7, 11) is 1.81. The van der Waals surface area contributed by atoms with Gasteiger partial charge in [0, 0.05) is 12.1 Å². The summed E-state index contributed by atoms with van der Waals surface area (Å²) >= 11 is 0. The molecular formula is C16H18FNO2. The van der Waals surface area contributed by atoms with Crippen molar-refractivity contribution in [2.45, 2.75) is 13.5 Å². The van der Waals surface area contributed by atoms with Crippen LogP contribution in [0.1, 0.15) is 12.5 Å². The molecule has 0 unspecified atom stereocenters. The molecule has 0 aliphatic carbocycles. The van der Waals surface area contributed by atoms with Crippen LogP contribution in [-0.2, 0) is 6.54 Å². The molecule has 3 nitrogen and oxygen atoms in total. The van der Waals surface area contributed by atoms with Crippen LogP contribution in [0.5, 0.6) is 17.2 Å². The smallest absolute Gasteiger partial charge is 0.169 e.